The van der Waals surface area contributed by atoms with Gasteiger partial charge in [-0.15, -0.1) is 0 Å². The zero-order valence-electron chi connectivity index (χ0n) is 24.5. The van der Waals surface area contributed by atoms with Gasteiger partial charge in [0.15, 0.2) is 12.1 Å². The van der Waals surface area contributed by atoms with E-state index in [1.807, 2.05) is 74.5 Å². The van der Waals surface area contributed by atoms with Gasteiger partial charge in [0, 0.05) is 31.6 Å². The summed E-state index contributed by atoms with van der Waals surface area (Å²) in [5, 5.41) is 0. The van der Waals surface area contributed by atoms with Crippen LogP contribution in [0.15, 0.2) is 90.6 Å². The van der Waals surface area contributed by atoms with Gasteiger partial charge < -0.3 is 15.5 Å². The lowest BCUT2D eigenvalue weighted by atomic mass is 9.98. The van der Waals surface area contributed by atoms with Crippen LogP contribution in [0.2, 0.25) is 0 Å². The fourth-order valence-electron chi connectivity index (χ4n) is 4.42. The molecule has 1 aliphatic rings. The minimum atomic E-state index is -1.12. The first-order valence-corrected chi connectivity index (χ1v) is 13.8. The molecule has 0 bridgehead atoms. The molecular formula is C34H41N4O3+. The molecule has 1 aliphatic carbocycles. The second kappa shape index (κ2) is 14.4. The van der Waals surface area contributed by atoms with Crippen molar-refractivity contribution in [1.82, 2.24) is 9.80 Å². The van der Waals surface area contributed by atoms with E-state index in [9.17, 15) is 14.4 Å². The molecule has 2 aromatic rings. The third kappa shape index (κ3) is 9.42. The summed E-state index contributed by atoms with van der Waals surface area (Å²) in [7, 11) is 3.11. The quantitative estimate of drug-likeness (QED) is 0.347. The first-order valence-electron chi connectivity index (χ1n) is 13.8. The van der Waals surface area contributed by atoms with Crippen LogP contribution in [0.4, 0.5) is 0 Å². The molecule has 0 spiro atoms. The summed E-state index contributed by atoms with van der Waals surface area (Å²) in [5.74, 6) is 4.86. The van der Waals surface area contributed by atoms with Gasteiger partial charge in [0.2, 0.25) is 5.91 Å². The zero-order valence-corrected chi connectivity index (χ0v) is 24.5. The molecule has 3 rings (SSSR count). The lowest BCUT2D eigenvalue weighted by Crippen LogP contribution is -2.67. The first-order chi connectivity index (χ1) is 19.5. The summed E-state index contributed by atoms with van der Waals surface area (Å²) in [6.45, 7) is 3.74. The largest absolute Gasteiger partial charge is 0.331 e. The van der Waals surface area contributed by atoms with Gasteiger partial charge in [-0.1, -0.05) is 78.6 Å². The van der Waals surface area contributed by atoms with Gasteiger partial charge in [-0.2, -0.15) is 0 Å². The summed E-state index contributed by atoms with van der Waals surface area (Å²) in [5.41, 5.74) is 13.0. The van der Waals surface area contributed by atoms with Crippen molar-refractivity contribution >= 4 is 17.7 Å². The second-order valence-corrected chi connectivity index (χ2v) is 11.1. The fourth-order valence-corrected chi connectivity index (χ4v) is 4.42. The number of allylic oxidation sites excluding steroid dienone is 3. The van der Waals surface area contributed by atoms with Crippen LogP contribution in [0.3, 0.4) is 0 Å². The highest BCUT2D eigenvalue weighted by atomic mass is 16.2. The Kier molecular flexibility index (Phi) is 11.0. The van der Waals surface area contributed by atoms with Gasteiger partial charge in [-0.3, -0.25) is 15.3 Å². The number of hydrogen-bond acceptors (Lipinski definition) is 4. The maximum absolute atomic E-state index is 13.8. The van der Waals surface area contributed by atoms with Crippen LogP contribution in [-0.2, 0) is 14.4 Å². The predicted octanol–water partition coefficient (Wildman–Crippen LogP) is 3.48. The second-order valence-electron chi connectivity index (χ2n) is 11.1. The Bertz CT molecular complexity index is 1370. The topological polar surface area (TPSA) is 111 Å². The Balaban J connectivity index is 1.89. The molecule has 0 fully saturated rings. The van der Waals surface area contributed by atoms with Crippen LogP contribution >= 0.6 is 0 Å². The maximum Gasteiger partial charge on any atom is 0.331 e. The van der Waals surface area contributed by atoms with Gasteiger partial charge >= 0.3 is 5.91 Å². The number of carbonyl (C=O) groups excluding carboxylic acids is 3. The summed E-state index contributed by atoms with van der Waals surface area (Å²) in [6, 6.07) is 15.8. The lowest BCUT2D eigenvalue weighted by molar-refractivity contribution is -0.311. The molecule has 3 amide bonds. The number of quaternary nitrogens is 1. The molecule has 7 nitrogen and oxygen atoms in total. The summed E-state index contributed by atoms with van der Waals surface area (Å²) < 4.78 is 0. The van der Waals surface area contributed by atoms with Crippen molar-refractivity contribution in [2.24, 2.45) is 5.73 Å². The van der Waals surface area contributed by atoms with Gasteiger partial charge in [0.25, 0.3) is 5.91 Å². The van der Waals surface area contributed by atoms with E-state index in [-0.39, 0.29) is 11.8 Å². The summed E-state index contributed by atoms with van der Waals surface area (Å²) >= 11 is 0. The van der Waals surface area contributed by atoms with Crippen molar-refractivity contribution < 1.29 is 20.1 Å². The Morgan fingerprint density at radius 1 is 1.00 bits per heavy atom. The molecule has 41 heavy (non-hydrogen) atoms. The van der Waals surface area contributed by atoms with Crippen LogP contribution in [0, 0.1) is 11.8 Å². The number of carbonyl (C=O) groups is 3. The SMILES string of the molecule is CN(C(=O)C=CCC(C)(C)N)C(C#Cc1ccc(-c2ccccc2)cc1)C(=O)N(C)C(CC1=CCCC=C1)C([NH3+])=O. The highest BCUT2D eigenvalue weighted by molar-refractivity contribution is 5.95. The van der Waals surface area contributed by atoms with Crippen molar-refractivity contribution in [3.8, 4) is 23.0 Å². The van der Waals surface area contributed by atoms with Gasteiger partial charge in [0.1, 0.15) is 0 Å². The number of amides is 3. The molecule has 0 aliphatic heterocycles. The third-order valence-corrected chi connectivity index (χ3v) is 6.91. The van der Waals surface area contributed by atoms with Gasteiger partial charge in [0.05, 0.1) is 0 Å². The first kappa shape index (κ1) is 31.3. The highest BCUT2D eigenvalue weighted by Gasteiger charge is 2.34. The molecule has 0 heterocycles. The van der Waals surface area contributed by atoms with Crippen molar-refractivity contribution in [2.75, 3.05) is 14.1 Å². The van der Waals surface area contributed by atoms with Crippen LogP contribution in [0.5, 0.6) is 0 Å². The summed E-state index contributed by atoms with van der Waals surface area (Å²) in [4.78, 5) is 42.2. The van der Waals surface area contributed by atoms with E-state index in [2.05, 4.69) is 29.7 Å². The zero-order chi connectivity index (χ0) is 30.0. The number of likely N-dealkylation sites (N-methyl/N-ethyl adjacent to an activating group) is 2. The molecule has 0 saturated heterocycles. The molecule has 0 aromatic heterocycles. The normalized spacial score (nSPS) is 14.4. The number of benzene rings is 2. The smallest absolute Gasteiger partial charge is 0.327 e. The van der Waals surface area contributed by atoms with Crippen molar-refractivity contribution in [3.63, 3.8) is 0 Å². The highest BCUT2D eigenvalue weighted by Crippen LogP contribution is 2.20. The standard InChI is InChI=1S/C34H40N4O3/c1-34(2,36)23-11-16-31(39)37(3)29(22-19-25-17-20-28(21-18-25)27-14-9-6-10-15-27)33(41)38(4)30(32(35)40)24-26-12-7-5-8-13-26/h6-7,9-18,20-21,29-30H,5,8,23-24,36H2,1-4H3,(H2,35,40)/p+1. The number of hydrogen-bond donors (Lipinski definition) is 2. The van der Waals surface area contributed by atoms with E-state index in [0.717, 1.165) is 29.5 Å². The average Bonchev–Trinajstić information content (AvgIpc) is 2.96. The van der Waals surface area contributed by atoms with Crippen molar-refractivity contribution in [1.29, 1.82) is 0 Å². The van der Waals surface area contributed by atoms with Gasteiger partial charge in [-0.05, 0) is 68.0 Å². The molecule has 2 aromatic carbocycles. The molecule has 2 unspecified atom stereocenters. The summed E-state index contributed by atoms with van der Waals surface area (Å²) in [6.07, 6.45) is 11.9. The van der Waals surface area contributed by atoms with E-state index in [1.54, 1.807) is 13.1 Å². The maximum atomic E-state index is 13.8. The Hall–Kier alpha value is -4.25. The molecule has 0 saturated carbocycles. The monoisotopic (exact) mass is 553 g/mol. The molecule has 0 radical (unpaired) electrons. The van der Waals surface area contributed by atoms with E-state index in [0.29, 0.717) is 18.4 Å². The molecule has 2 atom stereocenters. The Morgan fingerprint density at radius 3 is 2.24 bits per heavy atom. The van der Waals surface area contributed by atoms with Gasteiger partial charge in [-0.25, -0.2) is 4.79 Å². The third-order valence-electron chi connectivity index (χ3n) is 6.91. The van der Waals surface area contributed by atoms with Crippen molar-refractivity contribution in [3.05, 3.63) is 96.1 Å². The van der Waals surface area contributed by atoms with Crippen LogP contribution in [0.1, 0.15) is 45.1 Å². The van der Waals surface area contributed by atoms with E-state index < -0.39 is 23.5 Å². The molecular weight excluding hydrogens is 512 g/mol. The van der Waals surface area contributed by atoms with E-state index in [1.165, 1.54) is 22.9 Å². The van der Waals surface area contributed by atoms with Crippen LogP contribution in [0.25, 0.3) is 11.1 Å². The number of nitrogens with two attached hydrogens (primary N) is 1. The van der Waals surface area contributed by atoms with E-state index >= 15 is 0 Å². The Labute approximate surface area is 243 Å². The van der Waals surface area contributed by atoms with Crippen LogP contribution in [-0.4, -0.2) is 59.2 Å². The number of rotatable bonds is 10. The Morgan fingerprint density at radius 2 is 1.66 bits per heavy atom. The predicted molar refractivity (Wildman–Crippen MR) is 163 cm³/mol. The molecule has 214 valence electrons. The van der Waals surface area contributed by atoms with Crippen LogP contribution < -0.4 is 11.5 Å². The van der Waals surface area contributed by atoms with Crippen molar-refractivity contribution in [2.45, 2.75) is 57.2 Å². The number of nitrogens with zero attached hydrogens (tertiary/aromatic N) is 2. The lowest BCUT2D eigenvalue weighted by Gasteiger charge is -2.30. The van der Waals surface area contributed by atoms with E-state index in [4.69, 9.17) is 5.73 Å². The molecule has 7 heteroatoms. The fraction of sp³-hybridized carbons (Fsp3) is 0.324. The molecule has 5 N–H and O–H groups in total. The minimum absolute atomic E-state index is 0.352. The average molecular weight is 554 g/mol. The minimum Gasteiger partial charge on any atom is -0.327 e.